The van der Waals surface area contributed by atoms with Gasteiger partial charge in [0.15, 0.2) is 5.69 Å². The molecule has 1 aromatic rings. The Morgan fingerprint density at radius 3 is 2.65 bits per heavy atom. The van der Waals surface area contributed by atoms with Crippen molar-refractivity contribution in [3.05, 3.63) is 18.1 Å². The van der Waals surface area contributed by atoms with Gasteiger partial charge in [0, 0.05) is 13.1 Å². The zero-order valence-electron chi connectivity index (χ0n) is 10.0. The Labute approximate surface area is 111 Å². The van der Waals surface area contributed by atoms with Gasteiger partial charge in [0.1, 0.15) is 11.9 Å². The molecule has 6 nitrogen and oxygen atoms in total. The molecule has 0 spiro atoms. The number of aliphatic carboxylic acids is 1. The van der Waals surface area contributed by atoms with E-state index in [1.54, 1.807) is 6.07 Å². The van der Waals surface area contributed by atoms with E-state index in [4.69, 9.17) is 10.4 Å². The van der Waals surface area contributed by atoms with Gasteiger partial charge >= 0.3 is 12.1 Å². The molecule has 0 aliphatic carbocycles. The smallest absolute Gasteiger partial charge is 0.394 e. The molecule has 106 valence electrons. The van der Waals surface area contributed by atoms with Crippen molar-refractivity contribution < 1.29 is 23.1 Å². The average Bonchev–Trinajstić information content (AvgIpc) is 2.84. The van der Waals surface area contributed by atoms with Gasteiger partial charge in [-0.2, -0.15) is 18.4 Å². The van der Waals surface area contributed by atoms with E-state index in [0.717, 1.165) is 0 Å². The van der Waals surface area contributed by atoms with E-state index in [2.05, 4.69) is 9.97 Å². The number of anilines is 1. The minimum absolute atomic E-state index is 0.0372. The van der Waals surface area contributed by atoms with Crippen molar-refractivity contribution in [3.8, 4) is 6.07 Å². The molecule has 1 N–H and O–H groups in total. The normalized spacial score (nSPS) is 22.6. The summed E-state index contributed by atoms with van der Waals surface area (Å²) in [6.45, 7) is -0.826. The zero-order valence-corrected chi connectivity index (χ0v) is 10.0. The maximum Gasteiger partial charge on any atom is 0.394 e. The van der Waals surface area contributed by atoms with Crippen molar-refractivity contribution in [1.29, 1.82) is 5.26 Å². The lowest BCUT2D eigenvalue weighted by Crippen LogP contribution is -2.33. The molecule has 0 saturated carbocycles. The van der Waals surface area contributed by atoms with Crippen LogP contribution in [0.15, 0.2) is 12.4 Å². The molecule has 1 fully saturated rings. The summed E-state index contributed by atoms with van der Waals surface area (Å²) < 4.78 is 38.5. The van der Waals surface area contributed by atoms with Crippen LogP contribution in [0.4, 0.5) is 19.0 Å². The van der Waals surface area contributed by atoms with E-state index < -0.39 is 30.5 Å². The molecule has 1 aliphatic rings. The standard InChI is InChI=1S/C11H9F3N4O2/c12-11(13,14)8-5-18(4-7(8)10(19)20)9-3-16-2-6(1-15)17-9/h2-3,7-8H,4-5H2,(H,19,20)/t7-,8-/m1/s1. The van der Waals surface area contributed by atoms with Crippen molar-refractivity contribution in [2.45, 2.75) is 6.18 Å². The molecule has 20 heavy (non-hydrogen) atoms. The Morgan fingerprint density at radius 1 is 1.45 bits per heavy atom. The fourth-order valence-electron chi connectivity index (χ4n) is 2.13. The topological polar surface area (TPSA) is 90.1 Å². The van der Waals surface area contributed by atoms with Gasteiger partial charge in [-0.25, -0.2) is 4.98 Å². The highest BCUT2D eigenvalue weighted by molar-refractivity contribution is 5.72. The van der Waals surface area contributed by atoms with Crippen molar-refractivity contribution in [3.63, 3.8) is 0 Å². The lowest BCUT2D eigenvalue weighted by molar-refractivity contribution is -0.187. The number of carboxylic acid groups (broad SMARTS) is 1. The molecule has 1 saturated heterocycles. The summed E-state index contributed by atoms with van der Waals surface area (Å²) >= 11 is 0. The van der Waals surface area contributed by atoms with Crippen LogP contribution in [0.1, 0.15) is 5.69 Å². The summed E-state index contributed by atoms with van der Waals surface area (Å²) in [5, 5.41) is 17.6. The SMILES string of the molecule is N#Cc1cncc(N2C[C@@H](C(F)(F)F)[C@H](C(=O)O)C2)n1. The van der Waals surface area contributed by atoms with Crippen molar-refractivity contribution in [2.24, 2.45) is 11.8 Å². The predicted octanol–water partition coefficient (Wildman–Crippen LogP) is 1.05. The number of hydrogen-bond acceptors (Lipinski definition) is 5. The Kier molecular flexibility index (Phi) is 3.48. The van der Waals surface area contributed by atoms with Crippen LogP contribution < -0.4 is 4.90 Å². The van der Waals surface area contributed by atoms with Crippen LogP contribution in [0.5, 0.6) is 0 Å². The Hall–Kier alpha value is -2.37. The molecule has 1 aromatic heterocycles. The van der Waals surface area contributed by atoms with E-state index in [1.807, 2.05) is 0 Å². The monoisotopic (exact) mass is 286 g/mol. The summed E-state index contributed by atoms with van der Waals surface area (Å²) in [5.74, 6) is -4.95. The van der Waals surface area contributed by atoms with E-state index in [0.29, 0.717) is 0 Å². The first-order valence-electron chi connectivity index (χ1n) is 5.59. The maximum atomic E-state index is 12.8. The third kappa shape index (κ3) is 2.64. The van der Waals surface area contributed by atoms with Crippen LogP contribution in [0.25, 0.3) is 0 Å². The Morgan fingerprint density at radius 2 is 2.15 bits per heavy atom. The van der Waals surface area contributed by atoms with E-state index >= 15 is 0 Å². The van der Waals surface area contributed by atoms with Crippen molar-refractivity contribution >= 4 is 11.8 Å². The summed E-state index contributed by atoms with van der Waals surface area (Å²) in [5.41, 5.74) is -0.0372. The molecule has 0 aromatic carbocycles. The number of nitriles is 1. The lowest BCUT2D eigenvalue weighted by atomic mass is 9.96. The Bertz CT molecular complexity index is 570. The molecule has 2 atom stereocenters. The molecule has 0 bridgehead atoms. The van der Waals surface area contributed by atoms with Gasteiger partial charge in [-0.1, -0.05) is 0 Å². The highest BCUT2D eigenvalue weighted by Gasteiger charge is 2.52. The molecular weight excluding hydrogens is 277 g/mol. The molecule has 0 radical (unpaired) electrons. The maximum absolute atomic E-state index is 12.8. The molecule has 2 heterocycles. The molecule has 0 unspecified atom stereocenters. The number of halogens is 3. The van der Waals surface area contributed by atoms with Crippen LogP contribution in [-0.4, -0.2) is 40.3 Å². The number of nitrogens with zero attached hydrogens (tertiary/aromatic N) is 4. The van der Waals surface area contributed by atoms with Gasteiger partial charge < -0.3 is 10.0 Å². The van der Waals surface area contributed by atoms with Crippen LogP contribution in [-0.2, 0) is 4.79 Å². The lowest BCUT2D eigenvalue weighted by Gasteiger charge is -2.18. The van der Waals surface area contributed by atoms with Gasteiger partial charge in [-0.3, -0.25) is 9.78 Å². The Balaban J connectivity index is 2.28. The molecule has 1 aliphatic heterocycles. The minimum Gasteiger partial charge on any atom is -0.481 e. The van der Waals surface area contributed by atoms with Crippen LogP contribution in [0.2, 0.25) is 0 Å². The number of carbonyl (C=O) groups is 1. The zero-order chi connectivity index (χ0) is 14.9. The first kappa shape index (κ1) is 14.0. The number of carboxylic acids is 1. The van der Waals surface area contributed by atoms with Crippen molar-refractivity contribution in [2.75, 3.05) is 18.0 Å². The van der Waals surface area contributed by atoms with Crippen LogP contribution in [0, 0.1) is 23.2 Å². The molecular formula is C11H9F3N4O2. The quantitative estimate of drug-likeness (QED) is 0.873. The number of hydrogen-bond donors (Lipinski definition) is 1. The third-order valence-corrected chi connectivity index (χ3v) is 3.12. The van der Waals surface area contributed by atoms with E-state index in [9.17, 15) is 18.0 Å². The first-order chi connectivity index (χ1) is 9.32. The highest BCUT2D eigenvalue weighted by Crippen LogP contribution is 2.38. The summed E-state index contributed by atoms with van der Waals surface area (Å²) in [6.07, 6.45) is -2.22. The summed E-state index contributed by atoms with van der Waals surface area (Å²) in [6, 6.07) is 1.73. The van der Waals surface area contributed by atoms with Crippen LogP contribution in [0.3, 0.4) is 0 Å². The molecule has 9 heteroatoms. The van der Waals surface area contributed by atoms with E-state index in [-0.39, 0.29) is 18.1 Å². The minimum atomic E-state index is -4.60. The summed E-state index contributed by atoms with van der Waals surface area (Å²) in [7, 11) is 0. The fourth-order valence-corrected chi connectivity index (χ4v) is 2.13. The second kappa shape index (κ2) is 4.96. The van der Waals surface area contributed by atoms with Crippen LogP contribution >= 0.6 is 0 Å². The first-order valence-corrected chi connectivity index (χ1v) is 5.59. The number of rotatable bonds is 2. The number of aromatic nitrogens is 2. The second-order valence-electron chi connectivity index (χ2n) is 4.37. The van der Waals surface area contributed by atoms with Gasteiger partial charge in [-0.15, -0.1) is 0 Å². The summed E-state index contributed by atoms with van der Waals surface area (Å²) in [4.78, 5) is 19.7. The fraction of sp³-hybridized carbons (Fsp3) is 0.455. The van der Waals surface area contributed by atoms with Crippen molar-refractivity contribution in [1.82, 2.24) is 9.97 Å². The van der Waals surface area contributed by atoms with Gasteiger partial charge in [0.05, 0.1) is 24.2 Å². The van der Waals surface area contributed by atoms with Gasteiger partial charge in [0.2, 0.25) is 0 Å². The molecule has 2 rings (SSSR count). The average molecular weight is 286 g/mol. The van der Waals surface area contributed by atoms with Gasteiger partial charge in [0.25, 0.3) is 0 Å². The predicted molar refractivity (Wildman–Crippen MR) is 59.6 cm³/mol. The second-order valence-corrected chi connectivity index (χ2v) is 4.37. The number of alkyl halides is 3. The largest absolute Gasteiger partial charge is 0.481 e. The molecule has 0 amide bonds. The highest BCUT2D eigenvalue weighted by atomic mass is 19.4. The van der Waals surface area contributed by atoms with Gasteiger partial charge in [-0.05, 0) is 0 Å². The third-order valence-electron chi connectivity index (χ3n) is 3.12. The van der Waals surface area contributed by atoms with E-state index in [1.165, 1.54) is 17.3 Å².